The van der Waals surface area contributed by atoms with Gasteiger partial charge in [-0.05, 0) is 0 Å². The summed E-state index contributed by atoms with van der Waals surface area (Å²) in [6.07, 6.45) is 1.68. The van der Waals surface area contributed by atoms with Crippen LogP contribution in [0.5, 0.6) is 0 Å². The second-order valence-electron chi connectivity index (χ2n) is 3.78. The van der Waals surface area contributed by atoms with Crippen LogP contribution in [-0.2, 0) is 13.1 Å². The molecule has 0 fully saturated rings. The molecule has 1 aliphatic rings. The number of carbonyl (C=O) groups is 1. The summed E-state index contributed by atoms with van der Waals surface area (Å²) in [6, 6.07) is 0. The van der Waals surface area contributed by atoms with Gasteiger partial charge >= 0.3 is 5.97 Å². The normalized spacial score (nSPS) is 14.6. The molecule has 0 atom stereocenters. The number of rotatable bonds is 2. The smallest absolute Gasteiger partial charge is 0.349 e. The van der Waals surface area contributed by atoms with Crippen molar-refractivity contribution in [1.29, 1.82) is 0 Å². The van der Waals surface area contributed by atoms with E-state index in [9.17, 15) is 4.79 Å². The molecule has 0 amide bonds. The highest BCUT2D eigenvalue weighted by molar-refractivity contribution is 7.18. The van der Waals surface area contributed by atoms with Gasteiger partial charge in [0.2, 0.25) is 0 Å². The van der Waals surface area contributed by atoms with E-state index in [0.717, 1.165) is 30.3 Å². The minimum atomic E-state index is -1.05. The summed E-state index contributed by atoms with van der Waals surface area (Å²) >= 11 is 6.87. The molecule has 2 aromatic heterocycles. The largest absolute Gasteiger partial charge is 0.477 e. The second-order valence-corrected chi connectivity index (χ2v) is 5.12. The first-order valence-electron chi connectivity index (χ1n) is 5.16. The first-order valence-corrected chi connectivity index (χ1v) is 6.36. The SMILES string of the molecule is O=C(O)c1sc(N2CCn3cnnc3C2)nc1Cl. The van der Waals surface area contributed by atoms with E-state index in [1.807, 2.05) is 9.47 Å². The molecular formula is C9H8ClN5O2S. The average molecular weight is 286 g/mol. The number of aromatic nitrogens is 4. The quantitative estimate of drug-likeness (QED) is 0.890. The first kappa shape index (κ1) is 11.4. The third-order valence-electron chi connectivity index (χ3n) is 2.68. The van der Waals surface area contributed by atoms with Crippen LogP contribution in [0.3, 0.4) is 0 Å². The number of carboxylic acid groups (broad SMARTS) is 1. The molecule has 18 heavy (non-hydrogen) atoms. The molecule has 3 rings (SSSR count). The van der Waals surface area contributed by atoms with E-state index in [0.29, 0.717) is 11.7 Å². The van der Waals surface area contributed by atoms with E-state index in [2.05, 4.69) is 15.2 Å². The Morgan fingerprint density at radius 1 is 1.50 bits per heavy atom. The Labute approximate surface area is 111 Å². The van der Waals surface area contributed by atoms with Crippen LogP contribution < -0.4 is 4.90 Å². The molecular weight excluding hydrogens is 278 g/mol. The van der Waals surface area contributed by atoms with E-state index < -0.39 is 5.97 Å². The summed E-state index contributed by atoms with van der Waals surface area (Å²) in [5.41, 5.74) is 0. The van der Waals surface area contributed by atoms with Crippen LogP contribution in [-0.4, -0.2) is 37.4 Å². The van der Waals surface area contributed by atoms with E-state index in [4.69, 9.17) is 16.7 Å². The number of carboxylic acids is 1. The van der Waals surface area contributed by atoms with Gasteiger partial charge in [0.05, 0.1) is 6.54 Å². The summed E-state index contributed by atoms with van der Waals surface area (Å²) < 4.78 is 1.96. The predicted molar refractivity (Wildman–Crippen MR) is 65.2 cm³/mol. The highest BCUT2D eigenvalue weighted by Crippen LogP contribution is 2.31. The number of halogens is 1. The van der Waals surface area contributed by atoms with Crippen LogP contribution in [0.15, 0.2) is 6.33 Å². The summed E-state index contributed by atoms with van der Waals surface area (Å²) in [5, 5.41) is 17.4. The second kappa shape index (κ2) is 4.21. The number of anilines is 1. The molecule has 1 aliphatic heterocycles. The molecule has 3 heterocycles. The van der Waals surface area contributed by atoms with Crippen LogP contribution in [0.1, 0.15) is 15.5 Å². The molecule has 0 radical (unpaired) electrons. The van der Waals surface area contributed by atoms with Gasteiger partial charge in [-0.15, -0.1) is 10.2 Å². The van der Waals surface area contributed by atoms with Crippen LogP contribution in [0, 0.1) is 0 Å². The van der Waals surface area contributed by atoms with Crippen LogP contribution >= 0.6 is 22.9 Å². The molecule has 0 saturated carbocycles. The van der Waals surface area contributed by atoms with Gasteiger partial charge in [0.15, 0.2) is 21.0 Å². The third-order valence-corrected chi connectivity index (χ3v) is 4.17. The van der Waals surface area contributed by atoms with Gasteiger partial charge in [-0.3, -0.25) is 0 Å². The fourth-order valence-electron chi connectivity index (χ4n) is 1.79. The van der Waals surface area contributed by atoms with Crippen LogP contribution in [0.2, 0.25) is 5.15 Å². The zero-order chi connectivity index (χ0) is 12.7. The zero-order valence-electron chi connectivity index (χ0n) is 9.08. The number of thiazole rings is 1. The van der Waals surface area contributed by atoms with Crippen molar-refractivity contribution in [1.82, 2.24) is 19.7 Å². The molecule has 0 spiro atoms. The molecule has 0 unspecified atom stereocenters. The summed E-state index contributed by atoms with van der Waals surface area (Å²) in [4.78, 5) is 17.0. The van der Waals surface area contributed by atoms with Crippen molar-refractivity contribution in [2.75, 3.05) is 11.4 Å². The first-order chi connectivity index (χ1) is 8.65. The van der Waals surface area contributed by atoms with Gasteiger partial charge in [-0.2, -0.15) is 0 Å². The van der Waals surface area contributed by atoms with Gasteiger partial charge in [0, 0.05) is 13.1 Å². The average Bonchev–Trinajstić information content (AvgIpc) is 2.93. The lowest BCUT2D eigenvalue weighted by Gasteiger charge is -2.26. The molecule has 1 N–H and O–H groups in total. The number of fused-ring (bicyclic) bond motifs is 1. The van der Waals surface area contributed by atoms with E-state index in [1.165, 1.54) is 0 Å². The number of hydrogen-bond donors (Lipinski definition) is 1. The summed E-state index contributed by atoms with van der Waals surface area (Å²) in [6.45, 7) is 2.04. The monoisotopic (exact) mass is 285 g/mol. The number of hydrogen-bond acceptors (Lipinski definition) is 6. The highest BCUT2D eigenvalue weighted by Gasteiger charge is 2.23. The van der Waals surface area contributed by atoms with Crippen molar-refractivity contribution in [2.24, 2.45) is 0 Å². The topological polar surface area (TPSA) is 84.1 Å². The van der Waals surface area contributed by atoms with Crippen molar-refractivity contribution < 1.29 is 9.90 Å². The Balaban J connectivity index is 1.89. The van der Waals surface area contributed by atoms with Gasteiger partial charge in [0.1, 0.15) is 6.33 Å². The van der Waals surface area contributed by atoms with E-state index >= 15 is 0 Å². The lowest BCUT2D eigenvalue weighted by atomic mass is 10.4. The maximum absolute atomic E-state index is 10.9. The maximum Gasteiger partial charge on any atom is 0.349 e. The van der Waals surface area contributed by atoms with Crippen LogP contribution in [0.4, 0.5) is 5.13 Å². The lowest BCUT2D eigenvalue weighted by molar-refractivity contribution is 0.0702. The summed E-state index contributed by atoms with van der Waals surface area (Å²) in [5.74, 6) is -0.214. The minimum absolute atomic E-state index is 0.0366. The Bertz CT molecular complexity index is 610. The van der Waals surface area contributed by atoms with Crippen molar-refractivity contribution in [3.63, 3.8) is 0 Å². The highest BCUT2D eigenvalue weighted by atomic mass is 35.5. The van der Waals surface area contributed by atoms with Crippen molar-refractivity contribution >= 4 is 34.0 Å². The van der Waals surface area contributed by atoms with Gasteiger partial charge < -0.3 is 14.6 Å². The zero-order valence-corrected chi connectivity index (χ0v) is 10.6. The Morgan fingerprint density at radius 3 is 3.06 bits per heavy atom. The van der Waals surface area contributed by atoms with Gasteiger partial charge in [-0.25, -0.2) is 9.78 Å². The van der Waals surface area contributed by atoms with Gasteiger partial charge in [0.25, 0.3) is 0 Å². The fourth-order valence-corrected chi connectivity index (χ4v) is 2.94. The molecule has 7 nitrogen and oxygen atoms in total. The molecule has 0 bridgehead atoms. The Hall–Kier alpha value is -1.67. The molecule has 9 heteroatoms. The molecule has 94 valence electrons. The summed E-state index contributed by atoms with van der Waals surface area (Å²) in [7, 11) is 0. The standard InChI is InChI=1S/C9H8ClN5O2S/c10-7-6(8(16)17)18-9(12-7)14-1-2-15-4-11-13-5(15)3-14/h4H,1-3H2,(H,16,17). The Morgan fingerprint density at radius 2 is 2.33 bits per heavy atom. The van der Waals surface area contributed by atoms with E-state index in [-0.39, 0.29) is 10.0 Å². The van der Waals surface area contributed by atoms with Crippen molar-refractivity contribution in [3.8, 4) is 0 Å². The lowest BCUT2D eigenvalue weighted by Crippen LogP contribution is -2.33. The van der Waals surface area contributed by atoms with Crippen molar-refractivity contribution in [2.45, 2.75) is 13.1 Å². The van der Waals surface area contributed by atoms with Gasteiger partial charge in [-0.1, -0.05) is 22.9 Å². The Kier molecular flexibility index (Phi) is 2.67. The molecule has 2 aromatic rings. The van der Waals surface area contributed by atoms with E-state index in [1.54, 1.807) is 6.33 Å². The van der Waals surface area contributed by atoms with Crippen LogP contribution in [0.25, 0.3) is 0 Å². The molecule has 0 saturated heterocycles. The third kappa shape index (κ3) is 1.83. The van der Waals surface area contributed by atoms with Crippen molar-refractivity contribution in [3.05, 3.63) is 22.2 Å². The number of nitrogens with zero attached hydrogens (tertiary/aromatic N) is 5. The molecule has 0 aromatic carbocycles. The fraction of sp³-hybridized carbons (Fsp3) is 0.333. The number of aromatic carboxylic acids is 1. The minimum Gasteiger partial charge on any atom is -0.477 e. The molecule has 0 aliphatic carbocycles. The predicted octanol–water partition coefficient (Wildman–Crippen LogP) is 1.11. The maximum atomic E-state index is 10.9.